The van der Waals surface area contributed by atoms with E-state index in [0.717, 1.165) is 29.3 Å². The molecule has 3 heteroatoms. The molecular weight excluding hydrogens is 234 g/mol. The number of benzene rings is 2. The molecule has 0 aliphatic carbocycles. The first-order valence-electron chi connectivity index (χ1n) is 5.70. The number of hydrogen-bond donors (Lipinski definition) is 0. The van der Waals surface area contributed by atoms with Crippen molar-refractivity contribution in [2.45, 2.75) is 20.5 Å². The average molecular weight is 248 g/mol. The van der Waals surface area contributed by atoms with Gasteiger partial charge in [0.15, 0.2) is 0 Å². The molecular formula is C15H14F2O. The lowest BCUT2D eigenvalue weighted by Crippen LogP contribution is -2.00. The van der Waals surface area contributed by atoms with Crippen LogP contribution in [0.3, 0.4) is 0 Å². The second-order valence-corrected chi connectivity index (χ2v) is 4.29. The van der Waals surface area contributed by atoms with E-state index in [1.165, 1.54) is 0 Å². The molecule has 0 N–H and O–H groups in total. The molecule has 2 aromatic rings. The first kappa shape index (κ1) is 12.6. The lowest BCUT2D eigenvalue weighted by molar-refractivity contribution is 0.297. The van der Waals surface area contributed by atoms with Crippen LogP contribution in [0.5, 0.6) is 5.75 Å². The van der Waals surface area contributed by atoms with Gasteiger partial charge in [0.25, 0.3) is 0 Å². The van der Waals surface area contributed by atoms with E-state index in [2.05, 4.69) is 0 Å². The van der Waals surface area contributed by atoms with Crippen molar-refractivity contribution in [2.24, 2.45) is 0 Å². The van der Waals surface area contributed by atoms with Crippen LogP contribution in [-0.4, -0.2) is 0 Å². The number of halogens is 2. The van der Waals surface area contributed by atoms with Crippen molar-refractivity contribution in [1.82, 2.24) is 0 Å². The maximum Gasteiger partial charge on any atom is 0.130 e. The first-order chi connectivity index (χ1) is 8.56. The zero-order valence-corrected chi connectivity index (χ0v) is 10.3. The van der Waals surface area contributed by atoms with Crippen LogP contribution in [-0.2, 0) is 6.61 Å². The van der Waals surface area contributed by atoms with Crippen LogP contribution in [0.2, 0.25) is 0 Å². The molecule has 0 amide bonds. The summed E-state index contributed by atoms with van der Waals surface area (Å²) in [6.07, 6.45) is 0. The Morgan fingerprint density at radius 1 is 1.00 bits per heavy atom. The van der Waals surface area contributed by atoms with Crippen LogP contribution in [0.1, 0.15) is 16.7 Å². The molecule has 0 bridgehead atoms. The van der Waals surface area contributed by atoms with Crippen molar-refractivity contribution in [1.29, 1.82) is 0 Å². The van der Waals surface area contributed by atoms with E-state index in [4.69, 9.17) is 4.74 Å². The fraction of sp³-hybridized carbons (Fsp3) is 0.200. The number of rotatable bonds is 3. The molecule has 0 spiro atoms. The molecule has 2 rings (SSSR count). The van der Waals surface area contributed by atoms with Gasteiger partial charge in [0.05, 0.1) is 0 Å². The minimum Gasteiger partial charge on any atom is -0.489 e. The molecule has 0 radical (unpaired) electrons. The van der Waals surface area contributed by atoms with Gasteiger partial charge in [-0.2, -0.15) is 0 Å². The summed E-state index contributed by atoms with van der Waals surface area (Å²) in [6, 6.07) is 9.15. The largest absolute Gasteiger partial charge is 0.489 e. The predicted molar refractivity (Wildman–Crippen MR) is 66.6 cm³/mol. The summed E-state index contributed by atoms with van der Waals surface area (Å²) in [5, 5.41) is 0. The minimum atomic E-state index is -0.462. The van der Waals surface area contributed by atoms with Crippen molar-refractivity contribution in [3.05, 3.63) is 64.7 Å². The Bertz CT molecular complexity index is 513. The van der Waals surface area contributed by atoms with Gasteiger partial charge in [-0.05, 0) is 49.2 Å². The Labute approximate surface area is 105 Å². The van der Waals surface area contributed by atoms with Gasteiger partial charge in [-0.25, -0.2) is 8.78 Å². The molecule has 0 unspecified atom stereocenters. The monoisotopic (exact) mass is 248 g/mol. The Kier molecular flexibility index (Phi) is 3.60. The molecule has 0 atom stereocenters. The van der Waals surface area contributed by atoms with Crippen molar-refractivity contribution < 1.29 is 13.5 Å². The lowest BCUT2D eigenvalue weighted by Gasteiger charge is -2.10. The van der Waals surface area contributed by atoms with Crippen LogP contribution in [0.4, 0.5) is 8.78 Å². The Morgan fingerprint density at radius 3 is 2.56 bits per heavy atom. The van der Waals surface area contributed by atoms with Gasteiger partial charge in [-0.3, -0.25) is 0 Å². The standard InChI is InChI=1S/C15H14F2O/c1-10-3-4-11(2)15(7-10)18-9-12-8-13(16)5-6-14(12)17/h3-8H,9H2,1-2H3. The quantitative estimate of drug-likeness (QED) is 0.792. The smallest absolute Gasteiger partial charge is 0.130 e. The number of hydrogen-bond acceptors (Lipinski definition) is 1. The summed E-state index contributed by atoms with van der Waals surface area (Å²) < 4.78 is 31.9. The second kappa shape index (κ2) is 5.17. The molecule has 94 valence electrons. The molecule has 2 aromatic carbocycles. The first-order valence-corrected chi connectivity index (χ1v) is 5.70. The summed E-state index contributed by atoms with van der Waals surface area (Å²) in [4.78, 5) is 0. The zero-order chi connectivity index (χ0) is 13.1. The highest BCUT2D eigenvalue weighted by atomic mass is 19.1. The van der Waals surface area contributed by atoms with E-state index in [-0.39, 0.29) is 12.2 Å². The molecule has 0 aliphatic rings. The van der Waals surface area contributed by atoms with Crippen LogP contribution in [0.15, 0.2) is 36.4 Å². The fourth-order valence-corrected chi connectivity index (χ4v) is 1.67. The highest BCUT2D eigenvalue weighted by molar-refractivity contribution is 5.36. The molecule has 0 aromatic heterocycles. The van der Waals surface area contributed by atoms with Crippen LogP contribution in [0.25, 0.3) is 0 Å². The van der Waals surface area contributed by atoms with E-state index in [9.17, 15) is 8.78 Å². The maximum atomic E-state index is 13.4. The number of ether oxygens (including phenoxy) is 1. The van der Waals surface area contributed by atoms with E-state index in [1.807, 2.05) is 32.0 Å². The van der Waals surface area contributed by atoms with Gasteiger partial charge < -0.3 is 4.74 Å². The van der Waals surface area contributed by atoms with Gasteiger partial charge in [-0.1, -0.05) is 12.1 Å². The Hall–Kier alpha value is -1.90. The third kappa shape index (κ3) is 2.86. The molecule has 0 heterocycles. The van der Waals surface area contributed by atoms with Crippen molar-refractivity contribution in [2.75, 3.05) is 0 Å². The second-order valence-electron chi connectivity index (χ2n) is 4.29. The van der Waals surface area contributed by atoms with Crippen LogP contribution in [0, 0.1) is 25.5 Å². The third-order valence-corrected chi connectivity index (χ3v) is 2.73. The predicted octanol–water partition coefficient (Wildman–Crippen LogP) is 4.16. The topological polar surface area (TPSA) is 9.23 Å². The van der Waals surface area contributed by atoms with Gasteiger partial charge in [0, 0.05) is 5.56 Å². The zero-order valence-electron chi connectivity index (χ0n) is 10.3. The van der Waals surface area contributed by atoms with Crippen LogP contribution >= 0.6 is 0 Å². The summed E-state index contributed by atoms with van der Waals surface area (Å²) >= 11 is 0. The summed E-state index contributed by atoms with van der Waals surface area (Å²) in [5.74, 6) is -0.226. The van der Waals surface area contributed by atoms with Crippen LogP contribution < -0.4 is 4.74 Å². The van der Waals surface area contributed by atoms with Crippen molar-refractivity contribution in [3.8, 4) is 5.75 Å². The summed E-state index contributed by atoms with van der Waals surface area (Å²) in [5.41, 5.74) is 2.25. The van der Waals surface area contributed by atoms with Crippen molar-refractivity contribution in [3.63, 3.8) is 0 Å². The highest BCUT2D eigenvalue weighted by Gasteiger charge is 2.06. The average Bonchev–Trinajstić information content (AvgIpc) is 2.34. The molecule has 0 fully saturated rings. The molecule has 0 aliphatic heterocycles. The third-order valence-electron chi connectivity index (χ3n) is 2.73. The highest BCUT2D eigenvalue weighted by Crippen LogP contribution is 2.21. The Morgan fingerprint density at radius 2 is 1.78 bits per heavy atom. The molecule has 1 nitrogen and oxygen atoms in total. The summed E-state index contributed by atoms with van der Waals surface area (Å²) in [7, 11) is 0. The maximum absolute atomic E-state index is 13.4. The normalized spacial score (nSPS) is 10.4. The molecule has 0 saturated heterocycles. The minimum absolute atomic E-state index is 0.0217. The van der Waals surface area contributed by atoms with Gasteiger partial charge >= 0.3 is 0 Å². The summed E-state index contributed by atoms with van der Waals surface area (Å²) in [6.45, 7) is 3.89. The number of aryl methyl sites for hydroxylation is 2. The van der Waals surface area contributed by atoms with E-state index in [1.54, 1.807) is 0 Å². The Balaban J connectivity index is 2.16. The van der Waals surface area contributed by atoms with Crippen molar-refractivity contribution >= 4 is 0 Å². The molecule has 18 heavy (non-hydrogen) atoms. The van der Waals surface area contributed by atoms with E-state index >= 15 is 0 Å². The fourth-order valence-electron chi connectivity index (χ4n) is 1.67. The SMILES string of the molecule is Cc1ccc(C)c(OCc2cc(F)ccc2F)c1. The lowest BCUT2D eigenvalue weighted by atomic mass is 10.1. The van der Waals surface area contributed by atoms with Gasteiger partial charge in [-0.15, -0.1) is 0 Å². The van der Waals surface area contributed by atoms with Gasteiger partial charge in [0.1, 0.15) is 24.0 Å². The van der Waals surface area contributed by atoms with Gasteiger partial charge in [0.2, 0.25) is 0 Å². The van der Waals surface area contributed by atoms with E-state index < -0.39 is 11.6 Å². The van der Waals surface area contributed by atoms with E-state index in [0.29, 0.717) is 5.75 Å². The molecule has 0 saturated carbocycles.